The van der Waals surface area contributed by atoms with Crippen molar-refractivity contribution >= 4 is 35.7 Å². The molecule has 2 heterocycles. The smallest absolute Gasteiger partial charge is 0.489 e. The van der Waals surface area contributed by atoms with Crippen LogP contribution in [0.1, 0.15) is 22.9 Å². The zero-order valence-corrected chi connectivity index (χ0v) is 26.7. The van der Waals surface area contributed by atoms with Crippen LogP contribution in [0, 0.1) is 4.64 Å². The van der Waals surface area contributed by atoms with Gasteiger partial charge in [-0.3, -0.25) is 18.6 Å². The molecule has 45 heavy (non-hydrogen) atoms. The van der Waals surface area contributed by atoms with Gasteiger partial charge in [-0.25, -0.2) is 18.5 Å². The minimum absolute atomic E-state index is 0.115. The number of ether oxygens (including phenoxy) is 2. The molecule has 0 aliphatic carbocycles. The van der Waals surface area contributed by atoms with Crippen molar-refractivity contribution < 1.29 is 65.7 Å². The van der Waals surface area contributed by atoms with E-state index in [0.717, 1.165) is 22.8 Å². The number of aromatic amines is 1. The van der Waals surface area contributed by atoms with Gasteiger partial charge in [0.2, 0.25) is 0 Å². The molecule has 3 aromatic rings. The lowest BCUT2D eigenvalue weighted by Gasteiger charge is -2.21. The van der Waals surface area contributed by atoms with Crippen LogP contribution < -0.4 is 10.4 Å². The normalized spacial score (nSPS) is 22.9. The number of hydrogen-bond acceptors (Lipinski definition) is 13. The standard InChI is InChI=1S/C24H29N2O15P3S/c1-36-44(35,41-43(33,34)40-42(30,31)32)38-14-19-20(27)21(28)23(39-19)26-12-17(22(45)25-24(26)29)10-16-8-5-9-18(11-16)37-13-15-6-3-2-4-7-15/h2-9,11-12,19-21,23,27-28H,10,13-14H2,1H3,(H,33,34)(H,25,29,45)(H2,30,31,32)/t19-,20-,21-,23-,44?/m1/s1. The maximum absolute atomic E-state index is 12.8. The van der Waals surface area contributed by atoms with E-state index in [9.17, 15) is 33.6 Å². The summed E-state index contributed by atoms with van der Waals surface area (Å²) in [6.45, 7) is -0.554. The zero-order valence-electron chi connectivity index (χ0n) is 23.2. The topological polar surface area (TPSA) is 246 Å². The van der Waals surface area contributed by atoms with Crippen molar-refractivity contribution in [1.82, 2.24) is 9.55 Å². The number of phosphoric acid groups is 3. The summed E-state index contributed by atoms with van der Waals surface area (Å²) in [4.78, 5) is 42.2. The Morgan fingerprint density at radius 2 is 1.67 bits per heavy atom. The van der Waals surface area contributed by atoms with Gasteiger partial charge in [0.25, 0.3) is 0 Å². The van der Waals surface area contributed by atoms with Gasteiger partial charge in [-0.15, -0.1) is 0 Å². The highest BCUT2D eigenvalue weighted by Gasteiger charge is 2.47. The van der Waals surface area contributed by atoms with Crippen LogP contribution in [0.3, 0.4) is 0 Å². The van der Waals surface area contributed by atoms with E-state index < -0.39 is 60.3 Å². The predicted octanol–water partition coefficient (Wildman–Crippen LogP) is 2.69. The molecule has 1 aliphatic rings. The molecule has 21 heteroatoms. The second-order valence-corrected chi connectivity index (χ2v) is 14.7. The van der Waals surface area contributed by atoms with E-state index in [4.69, 9.17) is 36.0 Å². The number of H-pyrrole nitrogens is 1. The first-order chi connectivity index (χ1) is 21.1. The first-order valence-corrected chi connectivity index (χ1v) is 17.7. The van der Waals surface area contributed by atoms with E-state index in [0.29, 0.717) is 17.9 Å². The number of hydrogen-bond donors (Lipinski definition) is 6. The molecule has 0 spiro atoms. The average Bonchev–Trinajstić information content (AvgIpc) is 3.24. The van der Waals surface area contributed by atoms with Crippen LogP contribution in [0.2, 0.25) is 0 Å². The highest BCUT2D eigenvalue weighted by atomic mass is 32.1. The maximum Gasteiger partial charge on any atom is 0.490 e. The molecular formula is C24H29N2O15P3S. The molecule has 0 amide bonds. The Morgan fingerprint density at radius 3 is 2.33 bits per heavy atom. The molecule has 6 atom stereocenters. The second kappa shape index (κ2) is 14.6. The van der Waals surface area contributed by atoms with Crippen LogP contribution in [0.5, 0.6) is 5.75 Å². The lowest BCUT2D eigenvalue weighted by Crippen LogP contribution is -2.36. The first kappa shape index (κ1) is 35.5. The van der Waals surface area contributed by atoms with Crippen molar-refractivity contribution in [2.75, 3.05) is 13.7 Å². The van der Waals surface area contributed by atoms with Crippen molar-refractivity contribution in [1.29, 1.82) is 0 Å². The van der Waals surface area contributed by atoms with Crippen molar-refractivity contribution in [2.45, 2.75) is 37.6 Å². The Morgan fingerprint density at radius 1 is 0.978 bits per heavy atom. The highest BCUT2D eigenvalue weighted by molar-refractivity contribution is 7.71. The molecular weight excluding hydrogens is 681 g/mol. The predicted molar refractivity (Wildman–Crippen MR) is 156 cm³/mol. The SMILES string of the molecule is COP(=O)(OC[C@H]1O[C@@H](n2cc(Cc3cccc(OCc4ccccc4)c3)c(=S)[nH]c2=O)[C@H](O)[C@@H]1O)OP(=O)(O)OP(=O)(O)O. The van der Waals surface area contributed by atoms with Gasteiger partial charge in [-0.1, -0.05) is 54.7 Å². The number of aliphatic hydroxyl groups is 2. The van der Waals surface area contributed by atoms with E-state index in [1.165, 1.54) is 6.20 Å². The van der Waals surface area contributed by atoms with Gasteiger partial charge >= 0.3 is 29.2 Å². The molecule has 0 saturated carbocycles. The van der Waals surface area contributed by atoms with Crippen LogP contribution in [0.15, 0.2) is 65.6 Å². The fraction of sp³-hybridized carbons (Fsp3) is 0.333. The third-order valence-electron chi connectivity index (χ3n) is 6.23. The van der Waals surface area contributed by atoms with Crippen molar-refractivity contribution in [3.63, 3.8) is 0 Å². The summed E-state index contributed by atoms with van der Waals surface area (Å²) in [5.74, 6) is 0.600. The highest BCUT2D eigenvalue weighted by Crippen LogP contribution is 2.68. The monoisotopic (exact) mass is 710 g/mol. The Bertz CT molecular complexity index is 1750. The quantitative estimate of drug-likeness (QED) is 0.104. The van der Waals surface area contributed by atoms with Crippen LogP contribution in [-0.4, -0.2) is 66.5 Å². The molecule has 1 fully saturated rings. The van der Waals surface area contributed by atoms with Gasteiger partial charge in [0.15, 0.2) is 6.23 Å². The first-order valence-electron chi connectivity index (χ1n) is 12.8. The third kappa shape index (κ3) is 9.81. The number of rotatable bonds is 14. The van der Waals surface area contributed by atoms with Crippen LogP contribution >= 0.6 is 35.7 Å². The summed E-state index contributed by atoms with van der Waals surface area (Å²) in [6, 6.07) is 16.8. The summed E-state index contributed by atoms with van der Waals surface area (Å²) in [5.41, 5.74) is 1.43. The molecule has 17 nitrogen and oxygen atoms in total. The molecule has 1 aliphatic heterocycles. The summed E-state index contributed by atoms with van der Waals surface area (Å²) in [5, 5.41) is 21.2. The van der Waals surface area contributed by atoms with Crippen molar-refractivity contribution in [3.8, 4) is 5.75 Å². The molecule has 1 saturated heterocycles. The Labute approximate surface area is 260 Å². The summed E-state index contributed by atoms with van der Waals surface area (Å²) < 4.78 is 64.8. The number of nitrogens with one attached hydrogen (secondary N) is 1. The second-order valence-electron chi connectivity index (χ2n) is 9.51. The largest absolute Gasteiger partial charge is 0.490 e. The average molecular weight is 710 g/mol. The molecule has 4 rings (SSSR count). The minimum Gasteiger partial charge on any atom is -0.489 e. The van der Waals surface area contributed by atoms with E-state index in [1.807, 2.05) is 36.4 Å². The number of benzene rings is 2. The van der Waals surface area contributed by atoms with Gasteiger partial charge in [0.1, 0.15) is 35.3 Å². The number of nitrogens with zero attached hydrogens (tertiary/aromatic N) is 1. The zero-order chi connectivity index (χ0) is 33.0. The van der Waals surface area contributed by atoms with Crippen LogP contribution in [0.25, 0.3) is 0 Å². The Balaban J connectivity index is 1.46. The van der Waals surface area contributed by atoms with Gasteiger partial charge in [0.05, 0.1) is 6.61 Å². The lowest BCUT2D eigenvalue weighted by molar-refractivity contribution is -0.0547. The van der Waals surface area contributed by atoms with Gasteiger partial charge in [0, 0.05) is 25.3 Å². The Kier molecular flexibility index (Phi) is 11.5. The molecule has 246 valence electrons. The van der Waals surface area contributed by atoms with Crippen molar-refractivity contribution in [3.05, 3.63) is 92.6 Å². The molecule has 0 bridgehead atoms. The lowest BCUT2D eigenvalue weighted by atomic mass is 10.1. The van der Waals surface area contributed by atoms with Crippen LogP contribution in [0.4, 0.5) is 0 Å². The van der Waals surface area contributed by atoms with Crippen molar-refractivity contribution in [2.24, 2.45) is 0 Å². The van der Waals surface area contributed by atoms with Gasteiger partial charge < -0.3 is 34.4 Å². The third-order valence-corrected chi connectivity index (χ3v) is 10.8. The maximum atomic E-state index is 12.8. The number of phosphoric ester groups is 1. The van der Waals surface area contributed by atoms with Gasteiger partial charge in [-0.05, 0) is 23.3 Å². The summed E-state index contributed by atoms with van der Waals surface area (Å²) in [6.07, 6.45) is -4.90. The Hall–Kier alpha value is -2.37. The fourth-order valence-electron chi connectivity index (χ4n) is 4.19. The van der Waals surface area contributed by atoms with E-state index in [2.05, 4.69) is 18.1 Å². The fourth-order valence-corrected chi connectivity index (χ4v) is 7.77. The molecule has 2 unspecified atom stereocenters. The summed E-state index contributed by atoms with van der Waals surface area (Å²) in [7, 11) is -15.5. The van der Waals surface area contributed by atoms with E-state index in [1.54, 1.807) is 18.2 Å². The molecule has 0 radical (unpaired) electrons. The number of aliphatic hydroxyl groups excluding tert-OH is 2. The van der Waals surface area contributed by atoms with E-state index >= 15 is 0 Å². The van der Waals surface area contributed by atoms with Crippen LogP contribution in [-0.2, 0) is 49.1 Å². The molecule has 2 aromatic carbocycles. The minimum atomic E-state index is -5.66. The van der Waals surface area contributed by atoms with Gasteiger partial charge in [-0.2, -0.15) is 8.62 Å². The van der Waals surface area contributed by atoms with E-state index in [-0.39, 0.29) is 11.1 Å². The molecule has 1 aromatic heterocycles. The molecule has 6 N–H and O–H groups in total. The summed E-state index contributed by atoms with van der Waals surface area (Å²) >= 11 is 5.33. The number of aromatic nitrogens is 2.